The summed E-state index contributed by atoms with van der Waals surface area (Å²) in [6.07, 6.45) is 2.24. The highest BCUT2D eigenvalue weighted by atomic mass is 32.2. The molecule has 0 aliphatic heterocycles. The second kappa shape index (κ2) is 6.40. The lowest BCUT2D eigenvalue weighted by atomic mass is 10.3. The van der Waals surface area contributed by atoms with Gasteiger partial charge in [0, 0.05) is 13.6 Å². The van der Waals surface area contributed by atoms with Crippen molar-refractivity contribution < 1.29 is 8.42 Å². The van der Waals surface area contributed by atoms with E-state index in [2.05, 4.69) is 0 Å². The molecule has 0 bridgehead atoms. The molecule has 0 aliphatic carbocycles. The van der Waals surface area contributed by atoms with Crippen LogP contribution in [0.5, 0.6) is 0 Å². The summed E-state index contributed by atoms with van der Waals surface area (Å²) in [5.74, 6) is 0. The predicted molar refractivity (Wildman–Crippen MR) is 67.3 cm³/mol. The monoisotopic (exact) mass is 252 g/mol. The molecule has 1 unspecified atom stereocenters. The van der Waals surface area contributed by atoms with Gasteiger partial charge in [-0.3, -0.25) is 0 Å². The number of sulfonamides is 1. The van der Waals surface area contributed by atoms with Gasteiger partial charge in [-0.15, -0.1) is 0 Å². The molecule has 90 valence electrons. The van der Waals surface area contributed by atoms with Crippen LogP contribution in [0.4, 0.5) is 0 Å². The lowest BCUT2D eigenvalue weighted by Crippen LogP contribution is -2.42. The molecule has 0 saturated carbocycles. The van der Waals surface area contributed by atoms with Gasteiger partial charge in [-0.25, -0.2) is 12.7 Å². The number of nitrogens with zero attached hydrogens (tertiary/aromatic N) is 1. The van der Waals surface area contributed by atoms with Crippen molar-refractivity contribution in [2.75, 3.05) is 13.6 Å². The van der Waals surface area contributed by atoms with Crippen LogP contribution in [0.25, 0.3) is 0 Å². The van der Waals surface area contributed by atoms with Crippen LogP contribution >= 0.6 is 12.2 Å². The number of rotatable bonds is 7. The molecule has 0 radical (unpaired) electrons. The lowest BCUT2D eigenvalue weighted by molar-refractivity contribution is 0.454. The van der Waals surface area contributed by atoms with Crippen molar-refractivity contribution in [1.29, 1.82) is 0 Å². The minimum atomic E-state index is -3.36. The van der Waals surface area contributed by atoms with Gasteiger partial charge < -0.3 is 5.73 Å². The summed E-state index contributed by atoms with van der Waals surface area (Å²) in [6, 6.07) is 0. The Morgan fingerprint density at radius 2 is 2.00 bits per heavy atom. The highest BCUT2D eigenvalue weighted by Crippen LogP contribution is 2.12. The van der Waals surface area contributed by atoms with Crippen LogP contribution in [0.3, 0.4) is 0 Å². The summed E-state index contributed by atoms with van der Waals surface area (Å²) in [6.45, 7) is 4.32. The molecule has 0 fully saturated rings. The Labute approximate surface area is 97.9 Å². The first-order valence-electron chi connectivity index (χ1n) is 5.12. The van der Waals surface area contributed by atoms with Crippen LogP contribution in [0, 0.1) is 0 Å². The molecule has 15 heavy (non-hydrogen) atoms. The maximum absolute atomic E-state index is 12.0. The zero-order valence-electron chi connectivity index (χ0n) is 9.56. The molecule has 4 nitrogen and oxygen atoms in total. The number of unbranched alkanes of at least 4 members (excludes halogenated alkanes) is 1. The fourth-order valence-corrected chi connectivity index (χ4v) is 3.35. The van der Waals surface area contributed by atoms with E-state index in [9.17, 15) is 8.42 Å². The van der Waals surface area contributed by atoms with Crippen molar-refractivity contribution in [2.24, 2.45) is 5.73 Å². The van der Waals surface area contributed by atoms with Crippen molar-refractivity contribution in [3.8, 4) is 0 Å². The van der Waals surface area contributed by atoms with Gasteiger partial charge in [0.25, 0.3) is 0 Å². The summed E-state index contributed by atoms with van der Waals surface area (Å²) < 4.78 is 25.3. The zero-order valence-corrected chi connectivity index (χ0v) is 11.2. The molecular formula is C9H20N2O2S2. The highest BCUT2D eigenvalue weighted by molar-refractivity contribution is 7.92. The summed E-state index contributed by atoms with van der Waals surface area (Å²) in [5.41, 5.74) is 5.43. The maximum Gasteiger partial charge on any atom is 0.223 e. The standard InChI is InChI=1S/C9H20N2O2S2/c1-4-6-7-11(3)15(12,13)8(5-2)9(10)14/h8H,4-7H2,1-3H3,(H2,10,14). The molecule has 0 heterocycles. The molecule has 0 aromatic rings. The quantitative estimate of drug-likeness (QED) is 0.690. The number of hydrogen-bond donors (Lipinski definition) is 1. The SMILES string of the molecule is CCCCN(C)S(=O)(=O)C(CC)C(N)=S. The van der Waals surface area contributed by atoms with Gasteiger partial charge in [-0.05, 0) is 12.8 Å². The van der Waals surface area contributed by atoms with Crippen molar-refractivity contribution in [1.82, 2.24) is 4.31 Å². The largest absolute Gasteiger partial charge is 0.392 e. The van der Waals surface area contributed by atoms with Gasteiger partial charge in [0.05, 0.1) is 4.99 Å². The Hall–Kier alpha value is -0.200. The first-order valence-corrected chi connectivity index (χ1v) is 7.03. The van der Waals surface area contributed by atoms with E-state index in [-0.39, 0.29) is 4.99 Å². The third kappa shape index (κ3) is 4.04. The van der Waals surface area contributed by atoms with E-state index in [1.54, 1.807) is 14.0 Å². The average molecular weight is 252 g/mol. The van der Waals surface area contributed by atoms with E-state index in [0.29, 0.717) is 13.0 Å². The highest BCUT2D eigenvalue weighted by Gasteiger charge is 2.29. The molecule has 0 saturated heterocycles. The van der Waals surface area contributed by atoms with Gasteiger partial charge in [0.15, 0.2) is 0 Å². The minimum Gasteiger partial charge on any atom is -0.392 e. The Morgan fingerprint density at radius 1 is 1.47 bits per heavy atom. The van der Waals surface area contributed by atoms with Crippen LogP contribution in [-0.4, -0.2) is 36.6 Å². The molecule has 2 N–H and O–H groups in total. The molecule has 0 aromatic carbocycles. The molecule has 0 spiro atoms. The van der Waals surface area contributed by atoms with Crippen LogP contribution < -0.4 is 5.73 Å². The minimum absolute atomic E-state index is 0.0563. The second-order valence-corrected chi connectivity index (χ2v) is 6.21. The average Bonchev–Trinajstić information content (AvgIpc) is 2.13. The van der Waals surface area contributed by atoms with Gasteiger partial charge in [-0.1, -0.05) is 32.5 Å². The van der Waals surface area contributed by atoms with E-state index in [4.69, 9.17) is 18.0 Å². The smallest absolute Gasteiger partial charge is 0.223 e. The summed E-state index contributed by atoms with van der Waals surface area (Å²) in [5, 5.41) is -0.727. The lowest BCUT2D eigenvalue weighted by Gasteiger charge is -2.22. The molecule has 0 rings (SSSR count). The van der Waals surface area contributed by atoms with Crippen molar-refractivity contribution in [2.45, 2.75) is 38.4 Å². The molecule has 6 heteroatoms. The molecular weight excluding hydrogens is 232 g/mol. The van der Waals surface area contributed by atoms with E-state index in [1.165, 1.54) is 4.31 Å². The normalized spacial score (nSPS) is 14.1. The van der Waals surface area contributed by atoms with Gasteiger partial charge in [0.2, 0.25) is 10.0 Å². The Morgan fingerprint density at radius 3 is 2.33 bits per heavy atom. The predicted octanol–water partition coefficient (Wildman–Crippen LogP) is 1.11. The Bertz CT molecular complexity index is 301. The maximum atomic E-state index is 12.0. The van der Waals surface area contributed by atoms with Crippen LogP contribution in [0.2, 0.25) is 0 Å². The van der Waals surface area contributed by atoms with E-state index < -0.39 is 15.3 Å². The van der Waals surface area contributed by atoms with Crippen molar-refractivity contribution in [3.63, 3.8) is 0 Å². The zero-order chi connectivity index (χ0) is 12.1. The fraction of sp³-hybridized carbons (Fsp3) is 0.889. The summed E-state index contributed by atoms with van der Waals surface area (Å²) in [4.78, 5) is 0.0563. The van der Waals surface area contributed by atoms with E-state index in [0.717, 1.165) is 12.8 Å². The van der Waals surface area contributed by atoms with Crippen LogP contribution in [-0.2, 0) is 10.0 Å². The third-order valence-corrected chi connectivity index (χ3v) is 5.10. The van der Waals surface area contributed by atoms with Gasteiger partial charge in [0.1, 0.15) is 5.25 Å². The Kier molecular flexibility index (Phi) is 6.31. The summed E-state index contributed by atoms with van der Waals surface area (Å²) in [7, 11) is -1.78. The fourth-order valence-electron chi connectivity index (χ4n) is 1.28. The third-order valence-electron chi connectivity index (χ3n) is 2.31. The van der Waals surface area contributed by atoms with Crippen LogP contribution in [0.1, 0.15) is 33.1 Å². The topological polar surface area (TPSA) is 63.4 Å². The Balaban J connectivity index is 4.71. The first kappa shape index (κ1) is 14.8. The van der Waals surface area contributed by atoms with E-state index in [1.807, 2.05) is 6.92 Å². The van der Waals surface area contributed by atoms with Crippen molar-refractivity contribution >= 4 is 27.2 Å². The summed E-state index contributed by atoms with van der Waals surface area (Å²) >= 11 is 4.77. The molecule has 0 aromatic heterocycles. The molecule has 0 aliphatic rings. The number of nitrogens with two attached hydrogens (primary N) is 1. The molecule has 1 atom stereocenters. The molecule has 0 amide bonds. The van der Waals surface area contributed by atoms with Gasteiger partial charge in [-0.2, -0.15) is 0 Å². The van der Waals surface area contributed by atoms with Crippen molar-refractivity contribution in [3.05, 3.63) is 0 Å². The second-order valence-electron chi connectivity index (χ2n) is 3.52. The first-order chi connectivity index (χ1) is 6.87. The van der Waals surface area contributed by atoms with Gasteiger partial charge >= 0.3 is 0 Å². The van der Waals surface area contributed by atoms with Crippen LogP contribution in [0.15, 0.2) is 0 Å². The number of hydrogen-bond acceptors (Lipinski definition) is 3. The number of thiocarbonyl (C=S) groups is 1. The van der Waals surface area contributed by atoms with E-state index >= 15 is 0 Å².